The molecular formula is C22H17BrClFN2O3. The van der Waals surface area contributed by atoms with Crippen LogP contribution in [0, 0.1) is 5.82 Å². The van der Waals surface area contributed by atoms with Gasteiger partial charge in [0.2, 0.25) is 0 Å². The Bertz CT molecular complexity index is 1040. The summed E-state index contributed by atoms with van der Waals surface area (Å²) < 4.78 is 24.7. The Morgan fingerprint density at radius 3 is 2.57 bits per heavy atom. The molecule has 0 heterocycles. The molecule has 30 heavy (non-hydrogen) atoms. The second kappa shape index (κ2) is 10.8. The summed E-state index contributed by atoms with van der Waals surface area (Å²) in [6.45, 7) is 0.106. The van der Waals surface area contributed by atoms with Gasteiger partial charge in [0, 0.05) is 0 Å². The first-order chi connectivity index (χ1) is 14.5. The number of benzene rings is 3. The number of carbonyl (C=O) groups is 1. The Labute approximate surface area is 186 Å². The largest absolute Gasteiger partial charge is 0.488 e. The van der Waals surface area contributed by atoms with Gasteiger partial charge in [-0.25, -0.2) is 9.82 Å². The summed E-state index contributed by atoms with van der Waals surface area (Å²) in [5.74, 6) is 0.364. The van der Waals surface area contributed by atoms with Crippen LogP contribution in [0.4, 0.5) is 4.39 Å². The molecule has 5 nitrogen and oxygen atoms in total. The fourth-order valence-electron chi connectivity index (χ4n) is 2.37. The van der Waals surface area contributed by atoms with Gasteiger partial charge in [-0.05, 0) is 69.5 Å². The van der Waals surface area contributed by atoms with E-state index in [-0.39, 0.29) is 12.4 Å². The third-order valence-electron chi connectivity index (χ3n) is 3.86. The van der Waals surface area contributed by atoms with Gasteiger partial charge in [0.1, 0.15) is 23.9 Å². The van der Waals surface area contributed by atoms with Gasteiger partial charge in [0.05, 0.1) is 15.7 Å². The summed E-state index contributed by atoms with van der Waals surface area (Å²) in [5, 5.41) is 4.35. The number of hydrazone groups is 1. The highest BCUT2D eigenvalue weighted by atomic mass is 79.9. The SMILES string of the molecule is O=C(COc1ccccc1Cl)N/N=C\c1ccc(OCc2ccc(F)cc2)c(Br)c1. The van der Waals surface area contributed by atoms with Gasteiger partial charge < -0.3 is 9.47 Å². The highest BCUT2D eigenvalue weighted by molar-refractivity contribution is 9.10. The normalized spacial score (nSPS) is 10.8. The molecule has 0 aliphatic carbocycles. The molecule has 1 amide bonds. The lowest BCUT2D eigenvalue weighted by atomic mass is 10.2. The maximum atomic E-state index is 12.9. The quantitative estimate of drug-likeness (QED) is 0.341. The summed E-state index contributed by atoms with van der Waals surface area (Å²) >= 11 is 9.41. The molecule has 0 radical (unpaired) electrons. The number of carbonyl (C=O) groups excluding carboxylic acids is 1. The van der Waals surface area contributed by atoms with E-state index in [1.54, 1.807) is 54.6 Å². The third-order valence-corrected chi connectivity index (χ3v) is 4.79. The van der Waals surface area contributed by atoms with E-state index >= 15 is 0 Å². The van der Waals surface area contributed by atoms with Gasteiger partial charge in [-0.15, -0.1) is 0 Å². The van der Waals surface area contributed by atoms with Crippen LogP contribution in [0.5, 0.6) is 11.5 Å². The van der Waals surface area contributed by atoms with E-state index in [4.69, 9.17) is 21.1 Å². The van der Waals surface area contributed by atoms with Crippen LogP contribution in [0.2, 0.25) is 5.02 Å². The van der Waals surface area contributed by atoms with Crippen LogP contribution in [0.3, 0.4) is 0 Å². The number of ether oxygens (including phenoxy) is 2. The molecule has 8 heteroatoms. The second-order valence-corrected chi connectivity index (χ2v) is 7.38. The van der Waals surface area contributed by atoms with Crippen molar-refractivity contribution in [1.29, 1.82) is 0 Å². The van der Waals surface area contributed by atoms with Crippen molar-refractivity contribution in [3.8, 4) is 11.5 Å². The van der Waals surface area contributed by atoms with Crippen molar-refractivity contribution < 1.29 is 18.7 Å². The minimum Gasteiger partial charge on any atom is -0.488 e. The van der Waals surface area contributed by atoms with Gasteiger partial charge in [-0.1, -0.05) is 35.9 Å². The first-order valence-electron chi connectivity index (χ1n) is 8.87. The zero-order chi connectivity index (χ0) is 21.3. The molecule has 0 bridgehead atoms. The van der Waals surface area contributed by atoms with E-state index in [1.807, 2.05) is 0 Å². The summed E-state index contributed by atoms with van der Waals surface area (Å²) in [4.78, 5) is 11.8. The average Bonchev–Trinajstić information content (AvgIpc) is 2.74. The molecule has 0 spiro atoms. The molecule has 0 atom stereocenters. The molecule has 0 aliphatic heterocycles. The molecule has 0 unspecified atom stereocenters. The average molecular weight is 492 g/mol. The predicted molar refractivity (Wildman–Crippen MR) is 118 cm³/mol. The Hall–Kier alpha value is -2.90. The molecule has 3 aromatic carbocycles. The zero-order valence-electron chi connectivity index (χ0n) is 15.6. The van der Waals surface area contributed by atoms with Crippen LogP contribution in [0.1, 0.15) is 11.1 Å². The maximum absolute atomic E-state index is 12.9. The predicted octanol–water partition coefficient (Wildman–Crippen LogP) is 5.35. The van der Waals surface area contributed by atoms with Crippen LogP contribution >= 0.6 is 27.5 Å². The molecular weight excluding hydrogens is 475 g/mol. The summed E-state index contributed by atoms with van der Waals surface area (Å²) in [6.07, 6.45) is 1.50. The zero-order valence-corrected chi connectivity index (χ0v) is 18.0. The Kier molecular flexibility index (Phi) is 7.82. The van der Waals surface area contributed by atoms with Gasteiger partial charge in [0.15, 0.2) is 6.61 Å². The van der Waals surface area contributed by atoms with Crippen LogP contribution in [-0.2, 0) is 11.4 Å². The first-order valence-corrected chi connectivity index (χ1v) is 10.0. The van der Waals surface area contributed by atoms with E-state index in [2.05, 4.69) is 26.5 Å². The van der Waals surface area contributed by atoms with Crippen molar-refractivity contribution in [2.45, 2.75) is 6.61 Å². The van der Waals surface area contributed by atoms with Gasteiger partial charge in [-0.2, -0.15) is 5.10 Å². The van der Waals surface area contributed by atoms with E-state index in [9.17, 15) is 9.18 Å². The first kappa shape index (κ1) is 21.8. The molecule has 0 saturated carbocycles. The highest BCUT2D eigenvalue weighted by Gasteiger charge is 2.05. The maximum Gasteiger partial charge on any atom is 0.277 e. The Balaban J connectivity index is 1.48. The summed E-state index contributed by atoms with van der Waals surface area (Å²) in [6, 6.07) is 18.4. The number of rotatable bonds is 8. The lowest BCUT2D eigenvalue weighted by Gasteiger charge is -2.09. The fraction of sp³-hybridized carbons (Fsp3) is 0.0909. The second-order valence-electron chi connectivity index (χ2n) is 6.12. The number of hydrogen-bond donors (Lipinski definition) is 1. The summed E-state index contributed by atoms with van der Waals surface area (Å²) in [5.41, 5.74) is 4.00. The molecule has 1 N–H and O–H groups in total. The minimum atomic E-state index is -0.413. The number of nitrogens with one attached hydrogen (secondary N) is 1. The minimum absolute atomic E-state index is 0.207. The number of halogens is 3. The number of amides is 1. The van der Waals surface area contributed by atoms with Crippen molar-refractivity contribution in [2.24, 2.45) is 5.10 Å². The molecule has 0 aromatic heterocycles. The van der Waals surface area contributed by atoms with Crippen molar-refractivity contribution >= 4 is 39.7 Å². The van der Waals surface area contributed by atoms with Crippen LogP contribution in [0.15, 0.2) is 76.3 Å². The van der Waals surface area contributed by atoms with Gasteiger partial charge >= 0.3 is 0 Å². The fourth-order valence-corrected chi connectivity index (χ4v) is 3.07. The van der Waals surface area contributed by atoms with Gasteiger partial charge in [-0.3, -0.25) is 4.79 Å². The lowest BCUT2D eigenvalue weighted by Crippen LogP contribution is -2.24. The number of para-hydroxylation sites is 1. The van der Waals surface area contributed by atoms with E-state index in [1.165, 1.54) is 18.3 Å². The monoisotopic (exact) mass is 490 g/mol. The van der Waals surface area contributed by atoms with Crippen LogP contribution in [0.25, 0.3) is 0 Å². The van der Waals surface area contributed by atoms with Crippen molar-refractivity contribution in [2.75, 3.05) is 6.61 Å². The molecule has 154 valence electrons. The lowest BCUT2D eigenvalue weighted by molar-refractivity contribution is -0.123. The van der Waals surface area contributed by atoms with E-state index in [0.29, 0.717) is 23.1 Å². The number of nitrogens with zero attached hydrogens (tertiary/aromatic N) is 1. The molecule has 0 fully saturated rings. The Morgan fingerprint density at radius 2 is 1.83 bits per heavy atom. The molecule has 0 aliphatic rings. The molecule has 0 saturated heterocycles. The topological polar surface area (TPSA) is 59.9 Å². The van der Waals surface area contributed by atoms with Crippen molar-refractivity contribution in [1.82, 2.24) is 5.43 Å². The van der Waals surface area contributed by atoms with Crippen molar-refractivity contribution in [3.63, 3.8) is 0 Å². The van der Waals surface area contributed by atoms with Gasteiger partial charge in [0.25, 0.3) is 5.91 Å². The van der Waals surface area contributed by atoms with E-state index < -0.39 is 5.91 Å². The Morgan fingerprint density at radius 1 is 1.07 bits per heavy atom. The molecule has 3 rings (SSSR count). The third kappa shape index (κ3) is 6.57. The highest BCUT2D eigenvalue weighted by Crippen LogP contribution is 2.26. The van der Waals surface area contributed by atoms with E-state index in [0.717, 1.165) is 15.6 Å². The van der Waals surface area contributed by atoms with Crippen molar-refractivity contribution in [3.05, 3.63) is 93.2 Å². The smallest absolute Gasteiger partial charge is 0.277 e. The number of hydrogen-bond acceptors (Lipinski definition) is 4. The standard InChI is InChI=1S/C22H17BrClFN2O3/c23-18-11-16(7-10-20(18)29-13-15-5-8-17(25)9-6-15)12-26-27-22(28)14-30-21-4-2-1-3-19(21)24/h1-12H,13-14H2,(H,27,28)/b26-12-. The summed E-state index contributed by atoms with van der Waals surface area (Å²) in [7, 11) is 0. The molecule has 3 aromatic rings. The van der Waals surface area contributed by atoms with Crippen LogP contribution in [-0.4, -0.2) is 18.7 Å². The van der Waals surface area contributed by atoms with Crippen LogP contribution < -0.4 is 14.9 Å².